The van der Waals surface area contributed by atoms with Crippen molar-refractivity contribution in [3.05, 3.63) is 0 Å². The summed E-state index contributed by atoms with van der Waals surface area (Å²) in [6.45, 7) is 11.9. The Balaban J connectivity index is 1.92. The zero-order valence-corrected chi connectivity index (χ0v) is 10.4. The molecule has 0 radical (unpaired) electrons. The lowest BCUT2D eigenvalue weighted by molar-refractivity contribution is 0.411. The van der Waals surface area contributed by atoms with Gasteiger partial charge in [-0.15, -0.1) is 0 Å². The Hall–Kier alpha value is -0.0400. The molecule has 82 valence electrons. The first-order valence-electron chi connectivity index (χ1n) is 6.17. The minimum absolute atomic E-state index is 0.495. The molecule has 0 heterocycles. The third kappa shape index (κ3) is 1.41. The van der Waals surface area contributed by atoms with Crippen LogP contribution in [0.15, 0.2) is 0 Å². The largest absolute Gasteiger partial charge is 0.310 e. The topological polar surface area (TPSA) is 12.0 Å². The summed E-state index contributed by atoms with van der Waals surface area (Å²) in [5.41, 5.74) is 0.991. The van der Waals surface area contributed by atoms with Crippen molar-refractivity contribution < 1.29 is 0 Å². The van der Waals surface area contributed by atoms with Crippen molar-refractivity contribution in [3.8, 4) is 0 Å². The van der Waals surface area contributed by atoms with Crippen molar-refractivity contribution in [1.82, 2.24) is 5.32 Å². The van der Waals surface area contributed by atoms with E-state index in [-0.39, 0.29) is 0 Å². The molecule has 14 heavy (non-hydrogen) atoms. The van der Waals surface area contributed by atoms with Crippen molar-refractivity contribution in [2.45, 2.75) is 66.0 Å². The lowest BCUT2D eigenvalue weighted by atomic mass is 10.0. The van der Waals surface area contributed by atoms with E-state index < -0.39 is 0 Å². The van der Waals surface area contributed by atoms with E-state index in [1.807, 2.05) is 0 Å². The molecule has 0 aromatic heterocycles. The molecule has 0 aromatic carbocycles. The van der Waals surface area contributed by atoms with Crippen LogP contribution in [-0.4, -0.2) is 12.1 Å². The molecule has 2 rings (SSSR count). The lowest BCUT2D eigenvalue weighted by Crippen LogP contribution is -2.35. The quantitative estimate of drug-likeness (QED) is 0.726. The summed E-state index contributed by atoms with van der Waals surface area (Å²) in [5.74, 6) is 0.993. The highest BCUT2D eigenvalue weighted by molar-refractivity contribution is 5.18. The van der Waals surface area contributed by atoms with E-state index in [4.69, 9.17) is 0 Å². The molecule has 2 saturated carbocycles. The number of hydrogen-bond donors (Lipinski definition) is 1. The van der Waals surface area contributed by atoms with Crippen LogP contribution >= 0.6 is 0 Å². The fourth-order valence-corrected chi connectivity index (χ4v) is 2.91. The van der Waals surface area contributed by atoms with Gasteiger partial charge in [-0.2, -0.15) is 0 Å². The molecular weight excluding hydrogens is 170 g/mol. The fraction of sp³-hybridized carbons (Fsp3) is 1.00. The summed E-state index contributed by atoms with van der Waals surface area (Å²) < 4.78 is 0. The van der Waals surface area contributed by atoms with Crippen molar-refractivity contribution >= 4 is 0 Å². The first kappa shape index (κ1) is 10.5. The molecule has 0 bridgehead atoms. The van der Waals surface area contributed by atoms with Gasteiger partial charge in [-0.1, -0.05) is 34.6 Å². The van der Waals surface area contributed by atoms with E-state index in [0.717, 1.165) is 18.0 Å². The Morgan fingerprint density at radius 2 is 1.64 bits per heavy atom. The maximum absolute atomic E-state index is 3.88. The lowest BCUT2D eigenvalue weighted by Gasteiger charge is -2.17. The van der Waals surface area contributed by atoms with Crippen LogP contribution in [0.4, 0.5) is 0 Å². The van der Waals surface area contributed by atoms with E-state index >= 15 is 0 Å². The Morgan fingerprint density at radius 3 is 1.93 bits per heavy atom. The average Bonchev–Trinajstić information content (AvgIpc) is 2.93. The monoisotopic (exact) mass is 195 g/mol. The molecular formula is C13H25N. The van der Waals surface area contributed by atoms with Gasteiger partial charge in [0.2, 0.25) is 0 Å². The summed E-state index contributed by atoms with van der Waals surface area (Å²) in [6, 6.07) is 1.53. The van der Waals surface area contributed by atoms with Crippen LogP contribution in [0, 0.1) is 16.7 Å². The Kier molecular flexibility index (Phi) is 2.23. The molecule has 0 amide bonds. The number of rotatable bonds is 4. The summed E-state index contributed by atoms with van der Waals surface area (Å²) in [7, 11) is 0. The van der Waals surface area contributed by atoms with Crippen molar-refractivity contribution in [2.75, 3.05) is 0 Å². The second-order valence-corrected chi connectivity index (χ2v) is 6.40. The molecule has 1 N–H and O–H groups in total. The first-order valence-corrected chi connectivity index (χ1v) is 6.17. The highest BCUT2D eigenvalue weighted by Gasteiger charge is 2.65. The van der Waals surface area contributed by atoms with Crippen molar-refractivity contribution in [2.24, 2.45) is 16.7 Å². The van der Waals surface area contributed by atoms with Crippen molar-refractivity contribution in [3.63, 3.8) is 0 Å². The van der Waals surface area contributed by atoms with Crippen LogP contribution in [0.1, 0.15) is 53.9 Å². The molecule has 2 aliphatic carbocycles. The second kappa shape index (κ2) is 2.98. The predicted octanol–water partition coefficient (Wildman–Crippen LogP) is 3.20. The zero-order valence-electron chi connectivity index (χ0n) is 10.4. The molecule has 2 aliphatic rings. The van der Waals surface area contributed by atoms with Gasteiger partial charge in [0.1, 0.15) is 0 Å². The zero-order chi connectivity index (χ0) is 10.6. The standard InChI is InChI=1S/C13H25N/c1-6-10(9-7-8-9)14-11-12(2,3)13(11,4)5/h9-11,14H,6-8H2,1-5H3. The van der Waals surface area contributed by atoms with Crippen LogP contribution in [0.25, 0.3) is 0 Å². The molecule has 1 heteroatoms. The van der Waals surface area contributed by atoms with E-state index in [0.29, 0.717) is 10.8 Å². The Morgan fingerprint density at radius 1 is 1.14 bits per heavy atom. The van der Waals surface area contributed by atoms with Gasteiger partial charge in [0.15, 0.2) is 0 Å². The van der Waals surface area contributed by atoms with E-state index in [1.165, 1.54) is 19.3 Å². The summed E-state index contributed by atoms with van der Waals surface area (Å²) in [6.07, 6.45) is 4.21. The molecule has 0 spiro atoms. The van der Waals surface area contributed by atoms with Crippen LogP contribution in [-0.2, 0) is 0 Å². The first-order chi connectivity index (χ1) is 6.41. The molecule has 0 aromatic rings. The van der Waals surface area contributed by atoms with Gasteiger partial charge in [-0.3, -0.25) is 0 Å². The molecule has 1 nitrogen and oxygen atoms in total. The average molecular weight is 195 g/mol. The normalized spacial score (nSPS) is 31.5. The summed E-state index contributed by atoms with van der Waals surface area (Å²) in [5, 5.41) is 3.88. The van der Waals surface area contributed by atoms with Gasteiger partial charge in [0.05, 0.1) is 0 Å². The molecule has 0 aliphatic heterocycles. The minimum Gasteiger partial charge on any atom is -0.310 e. The van der Waals surface area contributed by atoms with Gasteiger partial charge in [-0.25, -0.2) is 0 Å². The van der Waals surface area contributed by atoms with Gasteiger partial charge in [0, 0.05) is 12.1 Å². The minimum atomic E-state index is 0.495. The summed E-state index contributed by atoms with van der Waals surface area (Å²) in [4.78, 5) is 0. The second-order valence-electron chi connectivity index (χ2n) is 6.40. The van der Waals surface area contributed by atoms with Crippen LogP contribution in [0.2, 0.25) is 0 Å². The highest BCUT2D eigenvalue weighted by Crippen LogP contribution is 2.63. The third-order valence-electron chi connectivity index (χ3n) is 5.03. The Labute approximate surface area is 88.7 Å². The molecule has 1 atom stereocenters. The SMILES string of the molecule is CCC(NC1C(C)(C)C1(C)C)C1CC1. The van der Waals surface area contributed by atoms with E-state index in [9.17, 15) is 0 Å². The molecule has 0 saturated heterocycles. The van der Waals surface area contributed by atoms with Crippen molar-refractivity contribution in [1.29, 1.82) is 0 Å². The number of nitrogens with one attached hydrogen (secondary N) is 1. The van der Waals surface area contributed by atoms with Gasteiger partial charge >= 0.3 is 0 Å². The smallest absolute Gasteiger partial charge is 0.0183 e. The third-order valence-corrected chi connectivity index (χ3v) is 5.03. The van der Waals surface area contributed by atoms with E-state index in [2.05, 4.69) is 39.9 Å². The van der Waals surface area contributed by atoms with Crippen LogP contribution in [0.3, 0.4) is 0 Å². The maximum atomic E-state index is 3.88. The van der Waals surface area contributed by atoms with E-state index in [1.54, 1.807) is 0 Å². The fourth-order valence-electron chi connectivity index (χ4n) is 2.91. The molecule has 2 fully saturated rings. The van der Waals surface area contributed by atoms with Crippen LogP contribution < -0.4 is 5.32 Å². The highest BCUT2D eigenvalue weighted by atomic mass is 15.1. The van der Waals surface area contributed by atoms with Crippen LogP contribution in [0.5, 0.6) is 0 Å². The predicted molar refractivity (Wildman–Crippen MR) is 61.3 cm³/mol. The molecule has 1 unspecified atom stereocenters. The number of hydrogen-bond acceptors (Lipinski definition) is 1. The Bertz CT molecular complexity index is 211. The maximum Gasteiger partial charge on any atom is 0.0183 e. The van der Waals surface area contributed by atoms with Gasteiger partial charge < -0.3 is 5.32 Å². The summed E-state index contributed by atoms with van der Waals surface area (Å²) >= 11 is 0. The van der Waals surface area contributed by atoms with Gasteiger partial charge in [0.25, 0.3) is 0 Å². The van der Waals surface area contributed by atoms with Gasteiger partial charge in [-0.05, 0) is 36.0 Å².